The molecule has 8 heteroatoms. The van der Waals surface area contributed by atoms with E-state index < -0.39 is 0 Å². The van der Waals surface area contributed by atoms with Crippen LogP contribution in [0.4, 0.5) is 0 Å². The molecule has 1 saturated heterocycles. The number of aryl methyl sites for hydroxylation is 1. The SMILES string of the molecule is CN(C)Cc1c(OC[C@@H]2C[C@@H]2CO)ccc2c(CCC3CCN(Cc4ccc(C#N)s4)CC3)noc12. The predicted octanol–water partition coefficient (Wildman–Crippen LogP) is 4.67. The van der Waals surface area contributed by atoms with Gasteiger partial charge in [0.2, 0.25) is 0 Å². The highest BCUT2D eigenvalue weighted by Crippen LogP contribution is 2.39. The molecule has 3 aromatic rings. The van der Waals surface area contributed by atoms with Gasteiger partial charge >= 0.3 is 0 Å². The number of nitrogens with zero attached hydrogens (tertiary/aromatic N) is 4. The minimum Gasteiger partial charge on any atom is -0.493 e. The van der Waals surface area contributed by atoms with Gasteiger partial charge in [-0.05, 0) is 101 Å². The van der Waals surface area contributed by atoms with Crippen molar-refractivity contribution in [2.75, 3.05) is 40.4 Å². The van der Waals surface area contributed by atoms with Crippen LogP contribution in [-0.2, 0) is 19.5 Å². The number of aliphatic hydroxyl groups excluding tert-OH is 1. The lowest BCUT2D eigenvalue weighted by Crippen LogP contribution is -2.33. The molecular weight excluding hydrogens is 472 g/mol. The van der Waals surface area contributed by atoms with Gasteiger partial charge in [-0.15, -0.1) is 11.3 Å². The minimum absolute atomic E-state index is 0.250. The van der Waals surface area contributed by atoms with E-state index in [1.54, 1.807) is 11.3 Å². The average Bonchev–Trinajstić information content (AvgIpc) is 3.28. The van der Waals surface area contributed by atoms with Gasteiger partial charge in [0.1, 0.15) is 16.7 Å². The van der Waals surface area contributed by atoms with E-state index in [1.165, 1.54) is 17.7 Å². The lowest BCUT2D eigenvalue weighted by atomic mass is 9.91. The number of nitriles is 1. The number of hydrogen-bond acceptors (Lipinski definition) is 8. The molecule has 2 aliphatic rings. The molecule has 0 radical (unpaired) electrons. The molecule has 5 rings (SSSR count). The molecule has 192 valence electrons. The third kappa shape index (κ3) is 5.92. The highest BCUT2D eigenvalue weighted by molar-refractivity contribution is 7.12. The van der Waals surface area contributed by atoms with Crippen molar-refractivity contribution >= 4 is 22.3 Å². The van der Waals surface area contributed by atoms with Crippen molar-refractivity contribution in [2.24, 2.45) is 17.8 Å². The molecule has 1 N–H and O–H groups in total. The number of aliphatic hydroxyl groups is 1. The molecule has 1 aliphatic carbocycles. The summed E-state index contributed by atoms with van der Waals surface area (Å²) in [7, 11) is 4.10. The van der Waals surface area contributed by atoms with Crippen molar-refractivity contribution in [1.82, 2.24) is 15.0 Å². The van der Waals surface area contributed by atoms with Crippen LogP contribution >= 0.6 is 11.3 Å². The Labute approximate surface area is 217 Å². The summed E-state index contributed by atoms with van der Waals surface area (Å²) in [4.78, 5) is 6.71. The van der Waals surface area contributed by atoms with E-state index in [4.69, 9.17) is 14.5 Å². The van der Waals surface area contributed by atoms with Crippen LogP contribution in [0.1, 0.15) is 46.7 Å². The van der Waals surface area contributed by atoms with Crippen molar-refractivity contribution in [3.05, 3.63) is 45.3 Å². The number of fused-ring (bicyclic) bond motifs is 1. The quantitative estimate of drug-likeness (QED) is 0.403. The summed E-state index contributed by atoms with van der Waals surface area (Å²) in [5, 5.41) is 24.0. The first-order valence-electron chi connectivity index (χ1n) is 13.0. The Morgan fingerprint density at radius 2 is 2.06 bits per heavy atom. The molecule has 0 unspecified atom stereocenters. The fourth-order valence-corrected chi connectivity index (χ4v) is 6.17. The summed E-state index contributed by atoms with van der Waals surface area (Å²) in [6, 6.07) is 10.4. The Balaban J connectivity index is 1.18. The van der Waals surface area contributed by atoms with Crippen LogP contribution in [-0.4, -0.2) is 60.5 Å². The molecule has 2 aromatic heterocycles. The molecular formula is C28H36N4O3S. The van der Waals surface area contributed by atoms with Crippen LogP contribution in [0.25, 0.3) is 11.0 Å². The van der Waals surface area contributed by atoms with E-state index in [2.05, 4.69) is 53.3 Å². The third-order valence-electron chi connectivity index (χ3n) is 7.65. The number of rotatable bonds is 11. The second-order valence-corrected chi connectivity index (χ2v) is 11.8. The Bertz CT molecular complexity index is 1210. The molecule has 0 amide bonds. The van der Waals surface area contributed by atoms with Gasteiger partial charge < -0.3 is 19.3 Å². The highest BCUT2D eigenvalue weighted by atomic mass is 32.1. The zero-order valence-electron chi connectivity index (χ0n) is 21.3. The summed E-state index contributed by atoms with van der Waals surface area (Å²) in [6.07, 6.45) is 5.50. The van der Waals surface area contributed by atoms with E-state index in [0.717, 1.165) is 78.3 Å². The molecule has 0 spiro atoms. The van der Waals surface area contributed by atoms with Gasteiger partial charge in [0.05, 0.1) is 17.9 Å². The van der Waals surface area contributed by atoms with Crippen LogP contribution in [0.15, 0.2) is 28.8 Å². The topological polar surface area (TPSA) is 85.8 Å². The predicted molar refractivity (Wildman–Crippen MR) is 141 cm³/mol. The first-order valence-corrected chi connectivity index (χ1v) is 13.9. The monoisotopic (exact) mass is 508 g/mol. The lowest BCUT2D eigenvalue weighted by Gasteiger charge is -2.31. The zero-order valence-corrected chi connectivity index (χ0v) is 22.1. The molecule has 2 fully saturated rings. The summed E-state index contributed by atoms with van der Waals surface area (Å²) in [5.41, 5.74) is 2.94. The second-order valence-electron chi connectivity index (χ2n) is 10.7. The molecule has 36 heavy (non-hydrogen) atoms. The van der Waals surface area contributed by atoms with Crippen LogP contribution in [0, 0.1) is 29.1 Å². The van der Waals surface area contributed by atoms with Crippen molar-refractivity contribution < 1.29 is 14.4 Å². The third-order valence-corrected chi connectivity index (χ3v) is 8.63. The van der Waals surface area contributed by atoms with Gasteiger partial charge in [-0.2, -0.15) is 5.26 Å². The van der Waals surface area contributed by atoms with E-state index in [1.807, 2.05) is 6.07 Å². The summed E-state index contributed by atoms with van der Waals surface area (Å²) >= 11 is 1.61. The highest BCUT2D eigenvalue weighted by Gasteiger charge is 2.37. The average molecular weight is 509 g/mol. The van der Waals surface area contributed by atoms with Crippen molar-refractivity contribution in [1.29, 1.82) is 5.26 Å². The first-order chi connectivity index (χ1) is 17.5. The van der Waals surface area contributed by atoms with Crippen LogP contribution in [0.5, 0.6) is 5.75 Å². The van der Waals surface area contributed by atoms with Crippen LogP contribution < -0.4 is 4.74 Å². The van der Waals surface area contributed by atoms with Gasteiger partial charge in [0.15, 0.2) is 5.58 Å². The zero-order chi connectivity index (χ0) is 25.1. The summed E-state index contributed by atoms with van der Waals surface area (Å²) in [6.45, 7) is 4.79. The van der Waals surface area contributed by atoms with Crippen LogP contribution in [0.3, 0.4) is 0 Å². The second kappa shape index (κ2) is 11.3. The lowest BCUT2D eigenvalue weighted by molar-refractivity contribution is 0.173. The van der Waals surface area contributed by atoms with Crippen molar-refractivity contribution in [2.45, 2.75) is 45.2 Å². The van der Waals surface area contributed by atoms with E-state index >= 15 is 0 Å². The van der Waals surface area contributed by atoms with Crippen molar-refractivity contribution in [3.8, 4) is 11.8 Å². The Morgan fingerprint density at radius 3 is 2.75 bits per heavy atom. The number of thiophene rings is 1. The normalized spacial score (nSPS) is 20.8. The maximum Gasteiger partial charge on any atom is 0.175 e. The smallest absolute Gasteiger partial charge is 0.175 e. The first kappa shape index (κ1) is 25.2. The Kier molecular flexibility index (Phi) is 7.92. The van der Waals surface area contributed by atoms with Gasteiger partial charge in [-0.25, -0.2) is 0 Å². The van der Waals surface area contributed by atoms with E-state index in [9.17, 15) is 5.11 Å². The van der Waals surface area contributed by atoms with Crippen LogP contribution in [0.2, 0.25) is 0 Å². The Morgan fingerprint density at radius 1 is 1.22 bits per heavy atom. The van der Waals surface area contributed by atoms with Gasteiger partial charge in [-0.3, -0.25) is 4.90 Å². The number of likely N-dealkylation sites (tertiary alicyclic amines) is 1. The summed E-state index contributed by atoms with van der Waals surface area (Å²) < 4.78 is 12.1. The standard InChI is InChI=1S/C28H36N4O3S/c1-31(2)16-25-27(34-18-21-13-20(21)17-33)8-6-24-26(30-35-28(24)25)7-3-19-9-11-32(12-10-19)15-23-5-4-22(14-29)36-23/h4-6,8,19-21,33H,3,7,9-13,15-18H2,1-2H3/t20-,21+/m1/s1. The maximum atomic E-state index is 9.32. The maximum absolute atomic E-state index is 9.32. The number of aromatic nitrogens is 1. The number of hydrogen-bond donors (Lipinski definition) is 1. The number of benzene rings is 1. The minimum atomic E-state index is 0.250. The van der Waals surface area contributed by atoms with E-state index in [0.29, 0.717) is 24.4 Å². The molecule has 1 aromatic carbocycles. The molecule has 3 heterocycles. The van der Waals surface area contributed by atoms with Crippen molar-refractivity contribution in [3.63, 3.8) is 0 Å². The van der Waals surface area contributed by atoms with Gasteiger partial charge in [0.25, 0.3) is 0 Å². The number of ether oxygens (including phenoxy) is 1. The Hall–Kier alpha value is -2.44. The molecule has 7 nitrogen and oxygen atoms in total. The molecule has 2 atom stereocenters. The largest absolute Gasteiger partial charge is 0.493 e. The molecule has 0 bridgehead atoms. The summed E-state index contributed by atoms with van der Waals surface area (Å²) in [5.74, 6) is 2.41. The molecule has 1 saturated carbocycles. The fourth-order valence-electron chi connectivity index (χ4n) is 5.32. The number of piperidine rings is 1. The fraction of sp³-hybridized carbons (Fsp3) is 0.571. The van der Waals surface area contributed by atoms with Gasteiger partial charge in [0, 0.05) is 30.0 Å². The van der Waals surface area contributed by atoms with Gasteiger partial charge in [-0.1, -0.05) is 5.16 Å². The van der Waals surface area contributed by atoms with E-state index in [-0.39, 0.29) is 6.61 Å². The molecule has 1 aliphatic heterocycles.